The second-order valence-electron chi connectivity index (χ2n) is 5.57. The van der Waals surface area contributed by atoms with Crippen LogP contribution in [-0.2, 0) is 0 Å². The van der Waals surface area contributed by atoms with Gasteiger partial charge in [0, 0.05) is 6.54 Å². The summed E-state index contributed by atoms with van der Waals surface area (Å²) in [5.41, 5.74) is 4.64. The molecule has 5 heteroatoms. The molecule has 110 valence electrons. The average molecular weight is 282 g/mol. The van der Waals surface area contributed by atoms with E-state index in [0.29, 0.717) is 6.54 Å². The molecule has 1 aromatic rings. The minimum atomic E-state index is -0.987. The third kappa shape index (κ3) is 2.76. The fourth-order valence-electron chi connectivity index (χ4n) is 2.91. The molecule has 0 aromatic heterocycles. The van der Waals surface area contributed by atoms with Gasteiger partial charge in [0.05, 0.1) is 5.69 Å². The molecule has 1 fully saturated rings. The molecule has 0 atom stereocenters. The summed E-state index contributed by atoms with van der Waals surface area (Å²) in [6.07, 6.45) is 5.34. The zero-order valence-corrected chi connectivity index (χ0v) is 11.6. The van der Waals surface area contributed by atoms with Gasteiger partial charge in [-0.1, -0.05) is 19.8 Å². The Labute approximate surface area is 117 Å². The lowest BCUT2D eigenvalue weighted by atomic mass is 9.83. The van der Waals surface area contributed by atoms with Crippen molar-refractivity contribution in [1.29, 1.82) is 0 Å². The number of nitrogens with one attached hydrogen (secondary N) is 1. The van der Waals surface area contributed by atoms with E-state index in [-0.39, 0.29) is 11.1 Å². The molecule has 0 radical (unpaired) electrons. The monoisotopic (exact) mass is 282 g/mol. The van der Waals surface area contributed by atoms with Gasteiger partial charge >= 0.3 is 0 Å². The van der Waals surface area contributed by atoms with Gasteiger partial charge in [-0.05, 0) is 36.8 Å². The van der Waals surface area contributed by atoms with Gasteiger partial charge in [0.15, 0.2) is 5.82 Å². The summed E-state index contributed by atoms with van der Waals surface area (Å²) in [5, 5.41) is 2.67. The Balaban J connectivity index is 2.11. The maximum absolute atomic E-state index is 13.8. The molecule has 0 bridgehead atoms. The number of carbonyl (C=O) groups is 1. The van der Waals surface area contributed by atoms with Crippen molar-refractivity contribution in [3.63, 3.8) is 0 Å². The molecule has 1 aromatic carbocycles. The summed E-state index contributed by atoms with van der Waals surface area (Å²) in [6.45, 7) is 2.54. The van der Waals surface area contributed by atoms with Crippen LogP contribution in [-0.4, -0.2) is 12.5 Å². The number of hydrogen-bond donors (Lipinski definition) is 2. The second kappa shape index (κ2) is 5.77. The van der Waals surface area contributed by atoms with Crippen LogP contribution in [0.5, 0.6) is 0 Å². The van der Waals surface area contributed by atoms with Crippen molar-refractivity contribution in [2.24, 2.45) is 5.41 Å². The number of rotatable bonds is 4. The van der Waals surface area contributed by atoms with Crippen LogP contribution in [0.2, 0.25) is 0 Å². The molecule has 1 amide bonds. The highest BCUT2D eigenvalue weighted by Crippen LogP contribution is 2.40. The van der Waals surface area contributed by atoms with Crippen molar-refractivity contribution in [3.8, 4) is 0 Å². The standard InChI is InChI=1S/C15H20F2N2O/c1-2-15(7-3-4-8-15)9-19-14(20)12-10(16)5-6-11(18)13(12)17/h5-6H,2-4,7-9,18H2,1H3,(H,19,20). The number of nitrogens with two attached hydrogens (primary N) is 1. The number of carbonyl (C=O) groups excluding carboxylic acids is 1. The highest BCUT2D eigenvalue weighted by molar-refractivity contribution is 5.95. The molecule has 3 N–H and O–H groups in total. The average Bonchev–Trinajstić information content (AvgIpc) is 2.91. The molecular weight excluding hydrogens is 262 g/mol. The minimum absolute atomic E-state index is 0.0724. The number of amides is 1. The fraction of sp³-hybridized carbons (Fsp3) is 0.533. The van der Waals surface area contributed by atoms with Crippen LogP contribution >= 0.6 is 0 Å². The van der Waals surface area contributed by atoms with E-state index in [1.54, 1.807) is 0 Å². The Morgan fingerprint density at radius 2 is 2.00 bits per heavy atom. The van der Waals surface area contributed by atoms with E-state index in [2.05, 4.69) is 12.2 Å². The third-order valence-electron chi connectivity index (χ3n) is 4.39. The molecule has 1 saturated carbocycles. The van der Waals surface area contributed by atoms with Gasteiger partial charge in [-0.25, -0.2) is 8.78 Å². The number of anilines is 1. The van der Waals surface area contributed by atoms with Gasteiger partial charge in [0.1, 0.15) is 11.4 Å². The van der Waals surface area contributed by atoms with E-state index in [0.717, 1.165) is 44.2 Å². The molecule has 3 nitrogen and oxygen atoms in total. The summed E-state index contributed by atoms with van der Waals surface area (Å²) in [4.78, 5) is 12.0. The van der Waals surface area contributed by atoms with Crippen molar-refractivity contribution in [2.75, 3.05) is 12.3 Å². The highest BCUT2D eigenvalue weighted by Gasteiger charge is 2.32. The van der Waals surface area contributed by atoms with E-state index < -0.39 is 23.1 Å². The Morgan fingerprint density at radius 1 is 1.35 bits per heavy atom. The molecule has 1 aliphatic carbocycles. The summed E-state index contributed by atoms with van der Waals surface area (Å²) in [6, 6.07) is 2.13. The second-order valence-corrected chi connectivity index (χ2v) is 5.57. The first-order chi connectivity index (χ1) is 9.49. The number of hydrogen-bond acceptors (Lipinski definition) is 2. The van der Waals surface area contributed by atoms with Crippen LogP contribution in [0.15, 0.2) is 12.1 Å². The first-order valence-corrected chi connectivity index (χ1v) is 7.01. The van der Waals surface area contributed by atoms with Gasteiger partial charge in [-0.2, -0.15) is 0 Å². The SMILES string of the molecule is CCC1(CNC(=O)c2c(F)ccc(N)c2F)CCCC1. The van der Waals surface area contributed by atoms with Crippen molar-refractivity contribution in [2.45, 2.75) is 39.0 Å². The minimum Gasteiger partial charge on any atom is -0.396 e. The van der Waals surface area contributed by atoms with Gasteiger partial charge in [-0.3, -0.25) is 4.79 Å². The van der Waals surface area contributed by atoms with E-state index in [1.165, 1.54) is 0 Å². The van der Waals surface area contributed by atoms with Crippen molar-refractivity contribution >= 4 is 11.6 Å². The zero-order chi connectivity index (χ0) is 14.8. The molecule has 0 heterocycles. The highest BCUT2D eigenvalue weighted by atomic mass is 19.1. The van der Waals surface area contributed by atoms with Crippen LogP contribution in [0, 0.1) is 17.0 Å². The molecule has 2 rings (SSSR count). The predicted octanol–water partition coefficient (Wildman–Crippen LogP) is 3.25. The number of nitrogen functional groups attached to an aromatic ring is 1. The lowest BCUT2D eigenvalue weighted by Gasteiger charge is -2.27. The first kappa shape index (κ1) is 14.8. The van der Waals surface area contributed by atoms with Gasteiger partial charge < -0.3 is 11.1 Å². The topological polar surface area (TPSA) is 55.1 Å². The quantitative estimate of drug-likeness (QED) is 0.833. The predicted molar refractivity (Wildman–Crippen MR) is 74.3 cm³/mol. The normalized spacial score (nSPS) is 17.1. The smallest absolute Gasteiger partial charge is 0.257 e. The Bertz CT molecular complexity index is 511. The summed E-state index contributed by atoms with van der Waals surface area (Å²) < 4.78 is 27.4. The largest absolute Gasteiger partial charge is 0.396 e. The first-order valence-electron chi connectivity index (χ1n) is 7.01. The fourth-order valence-corrected chi connectivity index (χ4v) is 2.91. The van der Waals surface area contributed by atoms with E-state index in [4.69, 9.17) is 5.73 Å². The molecule has 0 spiro atoms. The van der Waals surface area contributed by atoms with Crippen LogP contribution in [0.3, 0.4) is 0 Å². The Hall–Kier alpha value is -1.65. The molecule has 20 heavy (non-hydrogen) atoms. The maximum Gasteiger partial charge on any atom is 0.257 e. The lowest BCUT2D eigenvalue weighted by Crippen LogP contribution is -2.36. The van der Waals surface area contributed by atoms with Crippen molar-refractivity contribution in [1.82, 2.24) is 5.32 Å². The zero-order valence-electron chi connectivity index (χ0n) is 11.6. The lowest BCUT2D eigenvalue weighted by molar-refractivity contribution is 0.0920. The van der Waals surface area contributed by atoms with E-state index in [9.17, 15) is 13.6 Å². The number of halogens is 2. The van der Waals surface area contributed by atoms with Gasteiger partial charge in [0.2, 0.25) is 0 Å². The van der Waals surface area contributed by atoms with Crippen molar-refractivity contribution in [3.05, 3.63) is 29.3 Å². The third-order valence-corrected chi connectivity index (χ3v) is 4.39. The molecular formula is C15H20F2N2O. The van der Waals surface area contributed by atoms with Gasteiger partial charge in [0.25, 0.3) is 5.91 Å². The van der Waals surface area contributed by atoms with Crippen LogP contribution in [0.1, 0.15) is 49.4 Å². The summed E-state index contributed by atoms with van der Waals surface area (Å²) in [5.74, 6) is -2.60. The molecule has 0 aliphatic heterocycles. The Morgan fingerprint density at radius 3 is 2.60 bits per heavy atom. The van der Waals surface area contributed by atoms with Crippen molar-refractivity contribution < 1.29 is 13.6 Å². The number of benzene rings is 1. The van der Waals surface area contributed by atoms with Gasteiger partial charge in [-0.15, -0.1) is 0 Å². The summed E-state index contributed by atoms with van der Waals surface area (Å²) in [7, 11) is 0. The Kier molecular flexibility index (Phi) is 4.26. The summed E-state index contributed by atoms with van der Waals surface area (Å²) >= 11 is 0. The van der Waals surface area contributed by atoms with E-state index >= 15 is 0 Å². The molecule has 1 aliphatic rings. The molecule has 0 saturated heterocycles. The molecule has 0 unspecified atom stereocenters. The maximum atomic E-state index is 13.8. The van der Waals surface area contributed by atoms with Crippen LogP contribution < -0.4 is 11.1 Å². The van der Waals surface area contributed by atoms with Crippen LogP contribution in [0.25, 0.3) is 0 Å². The van der Waals surface area contributed by atoms with E-state index in [1.807, 2.05) is 0 Å². The van der Waals surface area contributed by atoms with Crippen LogP contribution in [0.4, 0.5) is 14.5 Å².